The number of hydrogen-bond donors (Lipinski definition) is 2. The van der Waals surface area contributed by atoms with Gasteiger partial charge in [-0.2, -0.15) is 5.10 Å². The van der Waals surface area contributed by atoms with Crippen molar-refractivity contribution in [3.63, 3.8) is 0 Å². The van der Waals surface area contributed by atoms with E-state index in [0.717, 1.165) is 12.0 Å². The van der Waals surface area contributed by atoms with Crippen LogP contribution in [0.15, 0.2) is 12.4 Å². The zero-order chi connectivity index (χ0) is 13.0. The van der Waals surface area contributed by atoms with Gasteiger partial charge in [-0.25, -0.2) is 4.98 Å². The molecule has 0 unspecified atom stereocenters. The molecule has 2 aromatic heterocycles. The molecule has 2 rings (SSSR count). The Kier molecular flexibility index (Phi) is 3.71. The molecular weight excluding hydrogens is 232 g/mol. The normalized spacial score (nSPS) is 10.6. The number of hydrogen-bond acceptors (Lipinski definition) is 4. The van der Waals surface area contributed by atoms with Crippen LogP contribution in [-0.2, 0) is 13.0 Å². The zero-order valence-electron chi connectivity index (χ0n) is 10.5. The van der Waals surface area contributed by atoms with E-state index in [0.29, 0.717) is 18.9 Å². The molecule has 0 fully saturated rings. The van der Waals surface area contributed by atoms with Crippen molar-refractivity contribution in [2.24, 2.45) is 0 Å². The van der Waals surface area contributed by atoms with Gasteiger partial charge in [0.2, 0.25) is 5.82 Å². The van der Waals surface area contributed by atoms with E-state index in [4.69, 9.17) is 0 Å². The quantitative estimate of drug-likeness (QED) is 0.796. The van der Waals surface area contributed by atoms with Crippen molar-refractivity contribution in [3.05, 3.63) is 29.6 Å². The molecule has 2 N–H and O–H groups in total. The van der Waals surface area contributed by atoms with Gasteiger partial charge in [-0.3, -0.25) is 14.6 Å². The van der Waals surface area contributed by atoms with Crippen molar-refractivity contribution in [3.8, 4) is 0 Å². The third-order valence-electron chi connectivity index (χ3n) is 2.46. The Morgan fingerprint density at radius 3 is 3.00 bits per heavy atom. The van der Waals surface area contributed by atoms with E-state index in [9.17, 15) is 4.79 Å². The van der Waals surface area contributed by atoms with Crippen LogP contribution in [0, 0.1) is 6.92 Å². The highest BCUT2D eigenvalue weighted by molar-refractivity contribution is 5.90. The first-order valence-corrected chi connectivity index (χ1v) is 5.87. The fourth-order valence-electron chi connectivity index (χ4n) is 1.51. The van der Waals surface area contributed by atoms with Crippen LogP contribution in [0.4, 0.5) is 0 Å². The first-order valence-electron chi connectivity index (χ1n) is 5.87. The molecule has 0 aliphatic heterocycles. The van der Waals surface area contributed by atoms with E-state index in [2.05, 4.69) is 25.6 Å². The van der Waals surface area contributed by atoms with Crippen LogP contribution in [0.1, 0.15) is 28.9 Å². The molecule has 1 amide bonds. The average Bonchev–Trinajstić information content (AvgIpc) is 2.98. The Bertz CT molecular complexity index is 529. The second-order valence-corrected chi connectivity index (χ2v) is 4.00. The molecular formula is C11H16N6O. The minimum absolute atomic E-state index is 0.184. The number of aromatic amines is 1. The number of carbonyl (C=O) groups is 1. The van der Waals surface area contributed by atoms with E-state index in [1.54, 1.807) is 10.9 Å². The minimum atomic E-state index is -0.269. The van der Waals surface area contributed by atoms with Gasteiger partial charge in [0, 0.05) is 19.2 Å². The molecule has 96 valence electrons. The lowest BCUT2D eigenvalue weighted by atomic mass is 10.4. The lowest BCUT2D eigenvalue weighted by molar-refractivity contribution is 0.0942. The Labute approximate surface area is 105 Å². The summed E-state index contributed by atoms with van der Waals surface area (Å²) in [6, 6.07) is 0. The topological polar surface area (TPSA) is 88.5 Å². The molecule has 2 aromatic rings. The van der Waals surface area contributed by atoms with Crippen LogP contribution in [-0.4, -0.2) is 37.4 Å². The maximum atomic E-state index is 11.7. The van der Waals surface area contributed by atoms with Gasteiger partial charge < -0.3 is 5.32 Å². The number of amides is 1. The fourth-order valence-corrected chi connectivity index (χ4v) is 1.51. The Morgan fingerprint density at radius 2 is 2.39 bits per heavy atom. The maximum absolute atomic E-state index is 11.7. The summed E-state index contributed by atoms with van der Waals surface area (Å²) in [5, 5.41) is 13.4. The maximum Gasteiger partial charge on any atom is 0.291 e. The van der Waals surface area contributed by atoms with Crippen molar-refractivity contribution in [2.75, 3.05) is 6.54 Å². The molecule has 0 bridgehead atoms. The summed E-state index contributed by atoms with van der Waals surface area (Å²) in [6.45, 7) is 5.05. The lowest BCUT2D eigenvalue weighted by Gasteiger charge is -2.02. The van der Waals surface area contributed by atoms with Crippen LogP contribution in [0.25, 0.3) is 0 Å². The number of H-pyrrole nitrogens is 1. The summed E-state index contributed by atoms with van der Waals surface area (Å²) in [4.78, 5) is 15.7. The summed E-state index contributed by atoms with van der Waals surface area (Å²) in [6.07, 6.45) is 4.44. The van der Waals surface area contributed by atoms with Gasteiger partial charge in [-0.15, -0.1) is 5.10 Å². The smallest absolute Gasteiger partial charge is 0.291 e. The summed E-state index contributed by atoms with van der Waals surface area (Å²) in [5.74, 6) is 0.626. The second kappa shape index (κ2) is 5.44. The van der Waals surface area contributed by atoms with E-state index < -0.39 is 0 Å². The molecule has 2 heterocycles. The van der Waals surface area contributed by atoms with Crippen molar-refractivity contribution in [1.29, 1.82) is 0 Å². The van der Waals surface area contributed by atoms with Crippen LogP contribution in [0.5, 0.6) is 0 Å². The second-order valence-electron chi connectivity index (χ2n) is 4.00. The first kappa shape index (κ1) is 12.3. The number of carbonyl (C=O) groups excluding carboxylic acids is 1. The van der Waals surface area contributed by atoms with Gasteiger partial charge in [0.1, 0.15) is 5.82 Å². The number of aryl methyl sites for hydroxylation is 2. The van der Waals surface area contributed by atoms with Crippen LogP contribution in [0.2, 0.25) is 0 Å². The highest BCUT2D eigenvalue weighted by Gasteiger charge is 2.10. The SMILES string of the molecule is CCc1nc(C(=O)NCCn2cc(C)cn2)n[nH]1. The molecule has 0 aliphatic carbocycles. The van der Waals surface area contributed by atoms with E-state index in [-0.39, 0.29) is 11.7 Å². The van der Waals surface area contributed by atoms with Gasteiger partial charge in [-0.05, 0) is 12.5 Å². The molecule has 0 spiro atoms. The van der Waals surface area contributed by atoms with Crippen molar-refractivity contribution in [2.45, 2.75) is 26.8 Å². The summed E-state index contributed by atoms with van der Waals surface area (Å²) < 4.78 is 1.78. The summed E-state index contributed by atoms with van der Waals surface area (Å²) in [7, 11) is 0. The molecule has 18 heavy (non-hydrogen) atoms. The molecule has 0 aromatic carbocycles. The van der Waals surface area contributed by atoms with Crippen molar-refractivity contribution >= 4 is 5.91 Å². The number of nitrogens with one attached hydrogen (secondary N) is 2. The third kappa shape index (κ3) is 2.93. The number of rotatable bonds is 5. The van der Waals surface area contributed by atoms with E-state index in [1.807, 2.05) is 20.0 Å². The predicted molar refractivity (Wildman–Crippen MR) is 65.1 cm³/mol. The molecule has 0 aliphatic rings. The van der Waals surface area contributed by atoms with Crippen LogP contribution in [0.3, 0.4) is 0 Å². The highest BCUT2D eigenvalue weighted by atomic mass is 16.2. The van der Waals surface area contributed by atoms with E-state index in [1.165, 1.54) is 0 Å². The summed E-state index contributed by atoms with van der Waals surface area (Å²) in [5.41, 5.74) is 1.10. The molecule has 0 saturated heterocycles. The monoisotopic (exact) mass is 248 g/mol. The van der Waals surface area contributed by atoms with Gasteiger partial charge >= 0.3 is 0 Å². The van der Waals surface area contributed by atoms with Crippen molar-refractivity contribution < 1.29 is 4.79 Å². The van der Waals surface area contributed by atoms with Gasteiger partial charge in [0.15, 0.2) is 0 Å². The first-order chi connectivity index (χ1) is 8.69. The third-order valence-corrected chi connectivity index (χ3v) is 2.46. The Balaban J connectivity index is 1.81. The van der Waals surface area contributed by atoms with Crippen LogP contribution >= 0.6 is 0 Å². The molecule has 0 radical (unpaired) electrons. The van der Waals surface area contributed by atoms with Crippen LogP contribution < -0.4 is 5.32 Å². The zero-order valence-corrected chi connectivity index (χ0v) is 10.5. The Morgan fingerprint density at radius 1 is 1.56 bits per heavy atom. The van der Waals surface area contributed by atoms with Crippen molar-refractivity contribution in [1.82, 2.24) is 30.3 Å². The molecule has 0 atom stereocenters. The average molecular weight is 248 g/mol. The number of nitrogens with zero attached hydrogens (tertiary/aromatic N) is 4. The minimum Gasteiger partial charge on any atom is -0.347 e. The van der Waals surface area contributed by atoms with Gasteiger partial charge in [0.05, 0.1) is 12.7 Å². The van der Waals surface area contributed by atoms with Gasteiger partial charge in [-0.1, -0.05) is 6.92 Å². The highest BCUT2D eigenvalue weighted by Crippen LogP contribution is 1.95. The predicted octanol–water partition coefficient (Wildman–Crippen LogP) is 0.302. The standard InChI is InChI=1S/C11H16N6O/c1-3-9-14-10(16-15-9)11(18)12-4-5-17-7-8(2)6-13-17/h6-7H,3-5H2,1-2H3,(H,12,18)(H,14,15,16). The number of aromatic nitrogens is 5. The lowest BCUT2D eigenvalue weighted by Crippen LogP contribution is -2.28. The van der Waals surface area contributed by atoms with E-state index >= 15 is 0 Å². The molecule has 0 saturated carbocycles. The fraction of sp³-hybridized carbons (Fsp3) is 0.455. The summed E-state index contributed by atoms with van der Waals surface area (Å²) >= 11 is 0. The molecule has 7 nitrogen and oxygen atoms in total. The van der Waals surface area contributed by atoms with Gasteiger partial charge in [0.25, 0.3) is 5.91 Å². The molecule has 7 heteroatoms. The largest absolute Gasteiger partial charge is 0.347 e. The Hall–Kier alpha value is -2.18.